The van der Waals surface area contributed by atoms with Crippen molar-refractivity contribution in [3.8, 4) is 0 Å². The van der Waals surface area contributed by atoms with Crippen LogP contribution in [0.25, 0.3) is 0 Å². The Kier molecular flexibility index (Phi) is 22.0. The molecule has 0 saturated carbocycles. The van der Waals surface area contributed by atoms with Gasteiger partial charge in [-0.25, -0.2) is 8.42 Å². The monoisotopic (exact) mass is 388 g/mol. The van der Waals surface area contributed by atoms with Crippen LogP contribution >= 0.6 is 0 Å². The van der Waals surface area contributed by atoms with Crippen LogP contribution in [0.15, 0.2) is 0 Å². The van der Waals surface area contributed by atoms with Gasteiger partial charge in [0, 0.05) is 6.61 Å². The van der Waals surface area contributed by atoms with Crippen molar-refractivity contribution < 1.29 is 51.4 Å². The standard InChI is InChI=1S/C18H38O5S.Na/c1-3-5-6-7-8-9-10-11-12-13-14-15-16-22-17-18(4-2)23-24(19,20)21;/h18H,3-17H2,1-2H3,(H,19,20,21);/q;+1/p-1. The van der Waals surface area contributed by atoms with Gasteiger partial charge in [0.05, 0.1) is 12.7 Å². The van der Waals surface area contributed by atoms with Crippen molar-refractivity contribution in [3.05, 3.63) is 0 Å². The van der Waals surface area contributed by atoms with Gasteiger partial charge in [-0.1, -0.05) is 84.5 Å². The van der Waals surface area contributed by atoms with Gasteiger partial charge in [-0.05, 0) is 12.8 Å². The predicted octanol–water partition coefficient (Wildman–Crippen LogP) is 1.96. The van der Waals surface area contributed by atoms with Crippen molar-refractivity contribution >= 4 is 10.4 Å². The van der Waals surface area contributed by atoms with Crippen LogP contribution in [0.5, 0.6) is 0 Å². The maximum absolute atomic E-state index is 10.5. The van der Waals surface area contributed by atoms with Crippen LogP contribution in [0.1, 0.15) is 97.3 Å². The molecule has 0 aliphatic heterocycles. The zero-order valence-electron chi connectivity index (χ0n) is 16.6. The molecule has 0 aliphatic carbocycles. The molecule has 0 bridgehead atoms. The zero-order valence-corrected chi connectivity index (χ0v) is 19.4. The van der Waals surface area contributed by atoms with Gasteiger partial charge in [-0.2, -0.15) is 0 Å². The van der Waals surface area contributed by atoms with Crippen LogP contribution in [0.3, 0.4) is 0 Å². The van der Waals surface area contributed by atoms with Gasteiger partial charge in [0.2, 0.25) is 10.4 Å². The van der Waals surface area contributed by atoms with Crippen LogP contribution < -0.4 is 29.6 Å². The van der Waals surface area contributed by atoms with E-state index in [4.69, 9.17) is 4.74 Å². The van der Waals surface area contributed by atoms with Crippen LogP contribution in [0.2, 0.25) is 0 Å². The molecule has 0 aromatic heterocycles. The van der Waals surface area contributed by atoms with Gasteiger partial charge < -0.3 is 9.29 Å². The Balaban J connectivity index is 0. The molecule has 0 spiro atoms. The van der Waals surface area contributed by atoms with Gasteiger partial charge >= 0.3 is 29.6 Å². The third-order valence-electron chi connectivity index (χ3n) is 4.16. The van der Waals surface area contributed by atoms with E-state index in [1.54, 1.807) is 6.92 Å². The van der Waals surface area contributed by atoms with Crippen molar-refractivity contribution in [3.63, 3.8) is 0 Å². The third kappa shape index (κ3) is 22.8. The quantitative estimate of drug-likeness (QED) is 0.155. The van der Waals surface area contributed by atoms with Crippen molar-refractivity contribution in [2.45, 2.75) is 103 Å². The summed E-state index contributed by atoms with van der Waals surface area (Å²) in [5, 5.41) is 0. The second kappa shape index (κ2) is 19.6. The summed E-state index contributed by atoms with van der Waals surface area (Å²) in [4.78, 5) is 0. The molecular weight excluding hydrogens is 351 g/mol. The number of rotatable bonds is 18. The van der Waals surface area contributed by atoms with E-state index in [-0.39, 0.29) is 36.2 Å². The zero-order chi connectivity index (χ0) is 18.1. The molecule has 0 N–H and O–H groups in total. The molecule has 0 aromatic carbocycles. The first-order valence-corrected chi connectivity index (χ1v) is 11.0. The van der Waals surface area contributed by atoms with Gasteiger partial charge in [-0.15, -0.1) is 0 Å². The van der Waals surface area contributed by atoms with Gasteiger partial charge in [0.25, 0.3) is 0 Å². The number of ether oxygens (including phenoxy) is 1. The van der Waals surface area contributed by atoms with E-state index in [1.165, 1.54) is 64.2 Å². The van der Waals surface area contributed by atoms with Crippen molar-refractivity contribution in [1.29, 1.82) is 0 Å². The van der Waals surface area contributed by atoms with E-state index >= 15 is 0 Å². The normalized spacial score (nSPS) is 12.8. The van der Waals surface area contributed by atoms with E-state index in [2.05, 4.69) is 11.1 Å². The molecule has 0 aliphatic rings. The number of unbranched alkanes of at least 4 members (excludes halogenated alkanes) is 11. The summed E-state index contributed by atoms with van der Waals surface area (Å²) in [6, 6.07) is 0. The Hall–Kier alpha value is 0.830. The largest absolute Gasteiger partial charge is 1.00 e. The first-order chi connectivity index (χ1) is 11.5. The van der Waals surface area contributed by atoms with Crippen LogP contribution in [-0.2, 0) is 19.3 Å². The fourth-order valence-corrected chi connectivity index (χ4v) is 3.17. The summed E-state index contributed by atoms with van der Waals surface area (Å²) in [7, 11) is -4.63. The van der Waals surface area contributed by atoms with Crippen LogP contribution in [0.4, 0.5) is 0 Å². The molecule has 1 atom stereocenters. The summed E-state index contributed by atoms with van der Waals surface area (Å²) >= 11 is 0. The molecule has 7 heteroatoms. The Morgan fingerprint density at radius 3 is 1.64 bits per heavy atom. The second-order valence-electron chi connectivity index (χ2n) is 6.50. The van der Waals surface area contributed by atoms with Gasteiger partial charge in [0.15, 0.2) is 0 Å². The topological polar surface area (TPSA) is 75.7 Å². The van der Waals surface area contributed by atoms with Crippen molar-refractivity contribution in [2.75, 3.05) is 13.2 Å². The van der Waals surface area contributed by atoms with Crippen LogP contribution in [-0.4, -0.2) is 32.3 Å². The third-order valence-corrected chi connectivity index (χ3v) is 4.66. The summed E-state index contributed by atoms with van der Waals surface area (Å²) in [6.07, 6.45) is 15.3. The molecule has 0 amide bonds. The molecule has 0 aromatic rings. The molecule has 0 heterocycles. The van der Waals surface area contributed by atoms with E-state index in [0.717, 1.165) is 12.8 Å². The first kappa shape index (κ1) is 28.0. The molecule has 146 valence electrons. The molecule has 0 saturated heterocycles. The Morgan fingerprint density at radius 2 is 1.24 bits per heavy atom. The minimum atomic E-state index is -4.63. The van der Waals surface area contributed by atoms with E-state index < -0.39 is 16.5 Å². The molecular formula is C18H37NaO5S. The van der Waals surface area contributed by atoms with Crippen molar-refractivity contribution in [1.82, 2.24) is 0 Å². The summed E-state index contributed by atoms with van der Waals surface area (Å²) in [5.74, 6) is 0. The molecule has 0 fully saturated rings. The summed E-state index contributed by atoms with van der Waals surface area (Å²) in [5.41, 5.74) is 0. The van der Waals surface area contributed by atoms with Crippen molar-refractivity contribution in [2.24, 2.45) is 0 Å². The smallest absolute Gasteiger partial charge is 0.726 e. The first-order valence-electron chi connectivity index (χ1n) is 9.71. The van der Waals surface area contributed by atoms with Crippen LogP contribution in [0, 0.1) is 0 Å². The molecule has 5 nitrogen and oxygen atoms in total. The Bertz CT molecular complexity index is 362. The Morgan fingerprint density at radius 1 is 0.800 bits per heavy atom. The fraction of sp³-hybridized carbons (Fsp3) is 1.00. The number of hydrogen-bond donors (Lipinski definition) is 0. The average Bonchev–Trinajstić information content (AvgIpc) is 2.53. The van der Waals surface area contributed by atoms with E-state index in [0.29, 0.717) is 13.0 Å². The summed E-state index contributed by atoms with van der Waals surface area (Å²) in [6.45, 7) is 4.77. The minimum absolute atomic E-state index is 0. The van der Waals surface area contributed by atoms with E-state index in [1.807, 2.05) is 0 Å². The predicted molar refractivity (Wildman–Crippen MR) is 96.8 cm³/mol. The van der Waals surface area contributed by atoms with Gasteiger partial charge in [-0.3, -0.25) is 4.18 Å². The maximum Gasteiger partial charge on any atom is 1.00 e. The fourth-order valence-electron chi connectivity index (χ4n) is 2.64. The Labute approximate surface area is 177 Å². The average molecular weight is 389 g/mol. The molecule has 0 radical (unpaired) electrons. The maximum atomic E-state index is 10.5. The number of hydrogen-bond acceptors (Lipinski definition) is 5. The van der Waals surface area contributed by atoms with E-state index in [9.17, 15) is 13.0 Å². The minimum Gasteiger partial charge on any atom is -0.726 e. The SMILES string of the molecule is CCCCCCCCCCCCCCOCC(CC)OS(=O)(=O)[O-].[Na+]. The molecule has 1 unspecified atom stereocenters. The molecule has 0 rings (SSSR count). The summed E-state index contributed by atoms with van der Waals surface area (Å²) < 4.78 is 41.3. The second-order valence-corrected chi connectivity index (χ2v) is 7.51. The molecule has 25 heavy (non-hydrogen) atoms. The van der Waals surface area contributed by atoms with Gasteiger partial charge in [0.1, 0.15) is 0 Å².